The Kier molecular flexibility index (Phi) is 5.04. The topological polar surface area (TPSA) is 20.3 Å². The minimum Gasteiger partial charge on any atom is -0.372 e. The average Bonchev–Trinajstić information content (AvgIpc) is 2.48. The Hall–Kier alpha value is -2.23. The van der Waals surface area contributed by atoms with Gasteiger partial charge >= 0.3 is 0 Å². The molecule has 2 aromatic carbocycles. The Morgan fingerprint density at radius 1 is 1.05 bits per heavy atom. The van der Waals surface area contributed by atoms with Crippen molar-refractivity contribution in [2.75, 3.05) is 18.5 Å². The van der Waals surface area contributed by atoms with Crippen LogP contribution in [-0.4, -0.2) is 19.4 Å². The average molecular weight is 289 g/mol. The lowest BCUT2D eigenvalue weighted by atomic mass is 10.1. The molecular formula is C17H17F2NO. The number of hydrogen-bond donors (Lipinski definition) is 0. The fraction of sp³-hybridized carbons (Fsp3) is 0.235. The third-order valence-corrected chi connectivity index (χ3v) is 3.33. The van der Waals surface area contributed by atoms with Crippen molar-refractivity contribution in [3.63, 3.8) is 0 Å². The molecule has 0 atom stereocenters. The lowest BCUT2D eigenvalue weighted by Gasteiger charge is -2.19. The Balaban J connectivity index is 1.85. The van der Waals surface area contributed by atoms with Crippen LogP contribution in [-0.2, 0) is 0 Å². The van der Waals surface area contributed by atoms with Crippen molar-refractivity contribution in [3.8, 4) is 0 Å². The van der Waals surface area contributed by atoms with Crippen molar-refractivity contribution >= 4 is 11.5 Å². The maximum Gasteiger partial charge on any atom is 0.162 e. The van der Waals surface area contributed by atoms with E-state index in [1.807, 2.05) is 0 Å². The summed E-state index contributed by atoms with van der Waals surface area (Å²) in [7, 11) is 1.79. The highest BCUT2D eigenvalue weighted by Gasteiger charge is 2.09. The first kappa shape index (κ1) is 15.2. The summed E-state index contributed by atoms with van der Waals surface area (Å²) < 4.78 is 26.4. The van der Waals surface area contributed by atoms with E-state index < -0.39 is 0 Å². The molecule has 21 heavy (non-hydrogen) atoms. The van der Waals surface area contributed by atoms with Crippen LogP contribution < -0.4 is 4.90 Å². The van der Waals surface area contributed by atoms with Crippen molar-refractivity contribution in [3.05, 3.63) is 65.7 Å². The molecule has 2 aromatic rings. The number of nitrogens with zero attached hydrogens (tertiary/aromatic N) is 1. The van der Waals surface area contributed by atoms with Crippen molar-refractivity contribution in [1.29, 1.82) is 0 Å². The number of carbonyl (C=O) groups is 1. The highest BCUT2D eigenvalue weighted by atomic mass is 19.1. The van der Waals surface area contributed by atoms with Crippen LogP contribution in [0, 0.1) is 11.6 Å². The van der Waals surface area contributed by atoms with Crippen LogP contribution in [0.3, 0.4) is 0 Å². The Morgan fingerprint density at radius 3 is 2.38 bits per heavy atom. The van der Waals surface area contributed by atoms with Crippen molar-refractivity contribution < 1.29 is 13.6 Å². The molecule has 2 rings (SSSR count). The highest BCUT2D eigenvalue weighted by Crippen LogP contribution is 2.17. The number of hydrogen-bond acceptors (Lipinski definition) is 2. The van der Waals surface area contributed by atoms with Gasteiger partial charge in [-0.3, -0.25) is 4.79 Å². The van der Waals surface area contributed by atoms with Crippen molar-refractivity contribution in [1.82, 2.24) is 0 Å². The molecule has 0 aromatic heterocycles. The van der Waals surface area contributed by atoms with Crippen LogP contribution in [0.4, 0.5) is 14.5 Å². The second-order valence-electron chi connectivity index (χ2n) is 4.91. The largest absolute Gasteiger partial charge is 0.372 e. The molecule has 0 saturated heterocycles. The second kappa shape index (κ2) is 6.97. The number of anilines is 1. The van der Waals surface area contributed by atoms with Crippen molar-refractivity contribution in [2.45, 2.75) is 12.8 Å². The first-order valence-electron chi connectivity index (χ1n) is 6.82. The molecular weight excluding hydrogens is 272 g/mol. The zero-order valence-corrected chi connectivity index (χ0v) is 11.9. The first-order valence-corrected chi connectivity index (χ1v) is 6.82. The van der Waals surface area contributed by atoms with Crippen LogP contribution in [0.15, 0.2) is 48.5 Å². The van der Waals surface area contributed by atoms with E-state index >= 15 is 0 Å². The Bertz CT molecular complexity index is 610. The lowest BCUT2D eigenvalue weighted by Crippen LogP contribution is -2.20. The van der Waals surface area contributed by atoms with E-state index in [-0.39, 0.29) is 17.4 Å². The summed E-state index contributed by atoms with van der Waals surface area (Å²) in [5.41, 5.74) is 1.02. The number of carbonyl (C=O) groups excluding carboxylic acids is 1. The van der Waals surface area contributed by atoms with Gasteiger partial charge in [0.1, 0.15) is 11.6 Å². The predicted molar refractivity (Wildman–Crippen MR) is 79.6 cm³/mol. The highest BCUT2D eigenvalue weighted by molar-refractivity contribution is 5.95. The molecule has 0 bridgehead atoms. The maximum absolute atomic E-state index is 13.6. The Labute approximate surface area is 123 Å². The molecule has 0 radical (unpaired) electrons. The Morgan fingerprint density at radius 2 is 1.71 bits per heavy atom. The standard InChI is InChI=1S/C17H17F2NO/c1-20(16-6-3-2-5-15(16)19)12-4-7-17(21)13-8-10-14(18)11-9-13/h2-3,5-6,8-11H,4,7,12H2,1H3. The zero-order chi connectivity index (χ0) is 15.2. The maximum atomic E-state index is 13.6. The molecule has 0 aliphatic rings. The zero-order valence-electron chi connectivity index (χ0n) is 11.9. The quantitative estimate of drug-likeness (QED) is 0.747. The fourth-order valence-electron chi connectivity index (χ4n) is 2.14. The molecule has 0 aliphatic carbocycles. The van der Waals surface area contributed by atoms with Crippen LogP contribution in [0.5, 0.6) is 0 Å². The molecule has 0 spiro atoms. The molecule has 0 fully saturated rings. The predicted octanol–water partition coefficient (Wildman–Crippen LogP) is 4.06. The summed E-state index contributed by atoms with van der Waals surface area (Å²) in [4.78, 5) is 13.7. The van der Waals surface area contributed by atoms with E-state index in [9.17, 15) is 13.6 Å². The van der Waals surface area contributed by atoms with E-state index in [0.29, 0.717) is 30.6 Å². The van der Waals surface area contributed by atoms with Gasteiger partial charge in [-0.1, -0.05) is 12.1 Å². The second-order valence-corrected chi connectivity index (χ2v) is 4.91. The number of ketones is 1. The van der Waals surface area contributed by atoms with Gasteiger partial charge in [-0.15, -0.1) is 0 Å². The molecule has 0 amide bonds. The minimum absolute atomic E-state index is 0.0306. The SMILES string of the molecule is CN(CCCC(=O)c1ccc(F)cc1)c1ccccc1F. The minimum atomic E-state index is -0.356. The molecule has 0 aliphatic heterocycles. The third-order valence-electron chi connectivity index (χ3n) is 3.33. The van der Waals surface area contributed by atoms with Crippen LogP contribution in [0.2, 0.25) is 0 Å². The van der Waals surface area contributed by atoms with Crippen LogP contribution in [0.1, 0.15) is 23.2 Å². The molecule has 2 nitrogen and oxygen atoms in total. The monoisotopic (exact) mass is 289 g/mol. The molecule has 0 unspecified atom stereocenters. The summed E-state index contributed by atoms with van der Waals surface area (Å²) in [5.74, 6) is -0.660. The summed E-state index contributed by atoms with van der Waals surface area (Å²) in [6.07, 6.45) is 0.964. The van der Waals surface area contributed by atoms with Gasteiger partial charge in [-0.2, -0.15) is 0 Å². The molecule has 0 N–H and O–H groups in total. The van der Waals surface area contributed by atoms with E-state index in [4.69, 9.17) is 0 Å². The molecule has 110 valence electrons. The van der Waals surface area contributed by atoms with Gasteiger partial charge < -0.3 is 4.90 Å². The number of para-hydroxylation sites is 1. The van der Waals surface area contributed by atoms with E-state index in [2.05, 4.69) is 0 Å². The molecule has 4 heteroatoms. The van der Waals surface area contributed by atoms with Gasteiger partial charge in [0.2, 0.25) is 0 Å². The summed E-state index contributed by atoms with van der Waals surface area (Å²) in [6.45, 7) is 0.577. The number of Topliss-reactive ketones (excluding diaryl/α,β-unsaturated/α-hetero) is 1. The number of halogens is 2. The summed E-state index contributed by atoms with van der Waals surface area (Å²) in [6, 6.07) is 12.1. The van der Waals surface area contributed by atoms with E-state index in [1.165, 1.54) is 30.3 Å². The van der Waals surface area contributed by atoms with E-state index in [1.54, 1.807) is 30.1 Å². The molecule has 0 heterocycles. The lowest BCUT2D eigenvalue weighted by molar-refractivity contribution is 0.0980. The van der Waals surface area contributed by atoms with Crippen molar-refractivity contribution in [2.24, 2.45) is 0 Å². The van der Waals surface area contributed by atoms with Gasteiger partial charge in [0, 0.05) is 25.6 Å². The van der Waals surface area contributed by atoms with Gasteiger partial charge in [0.25, 0.3) is 0 Å². The normalized spacial score (nSPS) is 10.4. The third kappa shape index (κ3) is 4.12. The number of rotatable bonds is 6. The van der Waals surface area contributed by atoms with Crippen LogP contribution in [0.25, 0.3) is 0 Å². The first-order chi connectivity index (χ1) is 10.1. The smallest absolute Gasteiger partial charge is 0.162 e. The van der Waals surface area contributed by atoms with Crippen LogP contribution >= 0.6 is 0 Å². The van der Waals surface area contributed by atoms with Gasteiger partial charge in [0.05, 0.1) is 5.69 Å². The molecule has 0 saturated carbocycles. The summed E-state index contributed by atoms with van der Waals surface area (Å²) in [5, 5.41) is 0. The van der Waals surface area contributed by atoms with Gasteiger partial charge in [-0.25, -0.2) is 8.78 Å². The summed E-state index contributed by atoms with van der Waals surface area (Å²) >= 11 is 0. The number of benzene rings is 2. The van der Waals surface area contributed by atoms with Gasteiger partial charge in [0.15, 0.2) is 5.78 Å². The fourth-order valence-corrected chi connectivity index (χ4v) is 2.14. The van der Waals surface area contributed by atoms with E-state index in [0.717, 1.165) is 0 Å². The van der Waals surface area contributed by atoms with Gasteiger partial charge in [-0.05, 0) is 42.8 Å².